The predicted molar refractivity (Wildman–Crippen MR) is 111 cm³/mol. The summed E-state index contributed by atoms with van der Waals surface area (Å²) in [5.74, 6) is -0.239. The van der Waals surface area contributed by atoms with Gasteiger partial charge in [-0.1, -0.05) is 24.3 Å². The van der Waals surface area contributed by atoms with Gasteiger partial charge in [-0.05, 0) is 17.2 Å². The van der Waals surface area contributed by atoms with E-state index in [9.17, 15) is 19.8 Å². The average molecular weight is 423 g/mol. The fourth-order valence-electron chi connectivity index (χ4n) is 2.98. The van der Waals surface area contributed by atoms with Crippen LogP contribution in [0.1, 0.15) is 15.2 Å². The van der Waals surface area contributed by atoms with E-state index in [-0.39, 0.29) is 10.8 Å². The number of thioether (sulfide) groups is 1. The van der Waals surface area contributed by atoms with E-state index in [1.165, 1.54) is 23.1 Å². The SMILES string of the molecule is NC(=O)Nc1cc(-c2ccc(CNCC3C(O)CSC3O)cc2)sc1C(N)=O. The van der Waals surface area contributed by atoms with E-state index in [4.69, 9.17) is 11.5 Å². The van der Waals surface area contributed by atoms with E-state index in [1.54, 1.807) is 6.07 Å². The van der Waals surface area contributed by atoms with Gasteiger partial charge in [0.05, 0.1) is 11.8 Å². The number of hydrogen-bond acceptors (Lipinski definition) is 7. The predicted octanol–water partition coefficient (Wildman–Crippen LogP) is 1.14. The highest BCUT2D eigenvalue weighted by atomic mass is 32.2. The maximum absolute atomic E-state index is 11.6. The fourth-order valence-corrected chi connectivity index (χ4v) is 5.12. The first kappa shape index (κ1) is 20.6. The first-order chi connectivity index (χ1) is 13.3. The third-order valence-corrected chi connectivity index (χ3v) is 6.88. The first-order valence-corrected chi connectivity index (χ1v) is 10.5. The zero-order valence-electron chi connectivity index (χ0n) is 14.9. The Morgan fingerprint density at radius 3 is 2.46 bits per heavy atom. The molecule has 0 spiro atoms. The van der Waals surface area contributed by atoms with Crippen molar-refractivity contribution in [1.29, 1.82) is 0 Å². The van der Waals surface area contributed by atoms with E-state index in [0.717, 1.165) is 16.0 Å². The van der Waals surface area contributed by atoms with Gasteiger partial charge in [-0.2, -0.15) is 0 Å². The average Bonchev–Trinajstić information content (AvgIpc) is 3.20. The smallest absolute Gasteiger partial charge is 0.316 e. The number of nitrogens with one attached hydrogen (secondary N) is 2. The number of primary amides is 2. The topological polar surface area (TPSA) is 151 Å². The minimum Gasteiger partial charge on any atom is -0.392 e. The Hall–Kier alpha value is -2.11. The molecule has 1 fully saturated rings. The highest BCUT2D eigenvalue weighted by molar-refractivity contribution is 8.00. The zero-order valence-corrected chi connectivity index (χ0v) is 16.6. The molecule has 8 N–H and O–H groups in total. The molecular weight excluding hydrogens is 400 g/mol. The van der Waals surface area contributed by atoms with Gasteiger partial charge in [-0.15, -0.1) is 23.1 Å². The van der Waals surface area contributed by atoms with Gasteiger partial charge >= 0.3 is 6.03 Å². The van der Waals surface area contributed by atoms with Crippen LogP contribution >= 0.6 is 23.1 Å². The van der Waals surface area contributed by atoms with E-state index in [0.29, 0.717) is 24.5 Å². The monoisotopic (exact) mass is 422 g/mol. The summed E-state index contributed by atoms with van der Waals surface area (Å²) in [6.07, 6.45) is -0.489. The summed E-state index contributed by atoms with van der Waals surface area (Å²) in [5.41, 5.74) is 12.2. The third kappa shape index (κ3) is 4.83. The number of hydrogen-bond donors (Lipinski definition) is 6. The summed E-state index contributed by atoms with van der Waals surface area (Å²) in [5, 5.41) is 25.4. The molecule has 0 radical (unpaired) electrons. The molecule has 0 bridgehead atoms. The van der Waals surface area contributed by atoms with Crippen molar-refractivity contribution in [2.75, 3.05) is 17.6 Å². The molecule has 1 aromatic heterocycles. The Morgan fingerprint density at radius 2 is 1.89 bits per heavy atom. The van der Waals surface area contributed by atoms with Gasteiger partial charge in [0.15, 0.2) is 0 Å². The molecule has 10 heteroatoms. The molecule has 0 saturated carbocycles. The number of carbonyl (C=O) groups excluding carboxylic acids is 2. The van der Waals surface area contributed by atoms with Crippen molar-refractivity contribution in [2.45, 2.75) is 18.1 Å². The number of amides is 3. The minimum absolute atomic E-state index is 0.168. The van der Waals surface area contributed by atoms with Gasteiger partial charge in [0, 0.05) is 29.6 Å². The molecule has 2 heterocycles. The second-order valence-electron chi connectivity index (χ2n) is 6.49. The van der Waals surface area contributed by atoms with Crippen molar-refractivity contribution >= 4 is 40.7 Å². The highest BCUT2D eigenvalue weighted by Gasteiger charge is 2.33. The quantitative estimate of drug-likeness (QED) is 0.394. The van der Waals surface area contributed by atoms with Crippen molar-refractivity contribution in [3.63, 3.8) is 0 Å². The molecule has 0 aliphatic carbocycles. The second-order valence-corrected chi connectivity index (χ2v) is 8.69. The lowest BCUT2D eigenvalue weighted by molar-refractivity contribution is 0.0821. The maximum Gasteiger partial charge on any atom is 0.316 e. The van der Waals surface area contributed by atoms with E-state index in [2.05, 4.69) is 10.6 Å². The summed E-state index contributed by atoms with van der Waals surface area (Å²) in [4.78, 5) is 23.7. The largest absolute Gasteiger partial charge is 0.392 e. The van der Waals surface area contributed by atoms with Gasteiger partial charge in [0.1, 0.15) is 10.3 Å². The van der Waals surface area contributed by atoms with Crippen LogP contribution in [0.15, 0.2) is 30.3 Å². The summed E-state index contributed by atoms with van der Waals surface area (Å²) < 4.78 is 0. The van der Waals surface area contributed by atoms with E-state index >= 15 is 0 Å². The van der Waals surface area contributed by atoms with Crippen LogP contribution in [-0.4, -0.2) is 46.0 Å². The molecule has 1 aliphatic heterocycles. The Kier molecular flexibility index (Phi) is 6.57. The van der Waals surface area contributed by atoms with Crippen LogP contribution in [-0.2, 0) is 6.54 Å². The number of thiophene rings is 1. The number of anilines is 1. The molecule has 1 aromatic carbocycles. The van der Waals surface area contributed by atoms with E-state index < -0.39 is 23.5 Å². The van der Waals surface area contributed by atoms with Crippen LogP contribution in [0.5, 0.6) is 0 Å². The lowest BCUT2D eigenvalue weighted by Crippen LogP contribution is -2.33. The molecule has 3 atom stereocenters. The number of carbonyl (C=O) groups is 2. The molecule has 3 amide bonds. The third-order valence-electron chi connectivity index (χ3n) is 4.46. The zero-order chi connectivity index (χ0) is 20.3. The van der Waals surface area contributed by atoms with Crippen LogP contribution < -0.4 is 22.1 Å². The van der Waals surface area contributed by atoms with Crippen molar-refractivity contribution < 1.29 is 19.8 Å². The van der Waals surface area contributed by atoms with Gasteiger partial charge in [-0.25, -0.2) is 4.79 Å². The Labute approximate surface area is 170 Å². The van der Waals surface area contributed by atoms with Crippen molar-refractivity contribution in [3.8, 4) is 10.4 Å². The standard InChI is InChI=1S/C18H22N4O4S2/c19-16(24)15-12(22-18(20)26)5-14(28-15)10-3-1-9(2-4-10)6-21-7-11-13(23)8-27-17(11)25/h1-5,11,13,17,21,23,25H,6-8H2,(H2,19,24)(H3,20,22,26). The molecule has 1 aliphatic rings. The number of benzene rings is 1. The number of aliphatic hydroxyl groups is 2. The van der Waals surface area contributed by atoms with Gasteiger partial charge in [0.25, 0.3) is 5.91 Å². The van der Waals surface area contributed by atoms with Crippen LogP contribution in [0.25, 0.3) is 10.4 Å². The molecular formula is C18H22N4O4S2. The van der Waals surface area contributed by atoms with Crippen molar-refractivity contribution in [3.05, 3.63) is 40.8 Å². The molecule has 3 rings (SSSR count). The lowest BCUT2D eigenvalue weighted by Gasteiger charge is -2.17. The summed E-state index contributed by atoms with van der Waals surface area (Å²) in [6.45, 7) is 1.14. The summed E-state index contributed by atoms with van der Waals surface area (Å²) in [7, 11) is 0. The van der Waals surface area contributed by atoms with Crippen molar-refractivity contribution in [1.82, 2.24) is 5.32 Å². The molecule has 28 heavy (non-hydrogen) atoms. The lowest BCUT2D eigenvalue weighted by atomic mass is 10.0. The van der Waals surface area contributed by atoms with Crippen LogP contribution in [0.4, 0.5) is 10.5 Å². The first-order valence-electron chi connectivity index (χ1n) is 8.63. The molecule has 3 unspecified atom stereocenters. The molecule has 150 valence electrons. The summed E-state index contributed by atoms with van der Waals surface area (Å²) in [6, 6.07) is 8.63. The van der Waals surface area contributed by atoms with Gasteiger partial charge in [-0.3, -0.25) is 4.79 Å². The molecule has 2 aromatic rings. The van der Waals surface area contributed by atoms with Crippen LogP contribution in [0.2, 0.25) is 0 Å². The Balaban J connectivity index is 1.64. The fraction of sp³-hybridized carbons (Fsp3) is 0.333. The Morgan fingerprint density at radius 1 is 1.18 bits per heavy atom. The number of urea groups is 1. The van der Waals surface area contributed by atoms with E-state index in [1.807, 2.05) is 24.3 Å². The minimum atomic E-state index is -0.760. The Bertz CT molecular complexity index is 846. The molecule has 8 nitrogen and oxygen atoms in total. The van der Waals surface area contributed by atoms with Crippen LogP contribution in [0.3, 0.4) is 0 Å². The van der Waals surface area contributed by atoms with Crippen molar-refractivity contribution in [2.24, 2.45) is 17.4 Å². The summed E-state index contributed by atoms with van der Waals surface area (Å²) >= 11 is 2.55. The number of aliphatic hydroxyl groups excluding tert-OH is 2. The normalized spacial score (nSPS) is 21.6. The maximum atomic E-state index is 11.6. The second kappa shape index (κ2) is 8.93. The number of rotatable bonds is 7. The van der Waals surface area contributed by atoms with Gasteiger partial charge < -0.3 is 32.3 Å². The molecule has 1 saturated heterocycles. The number of nitrogens with two attached hydrogens (primary N) is 2. The van der Waals surface area contributed by atoms with Gasteiger partial charge in [0.2, 0.25) is 0 Å². The highest BCUT2D eigenvalue weighted by Crippen LogP contribution is 2.35. The van der Waals surface area contributed by atoms with Crippen LogP contribution in [0, 0.1) is 5.92 Å².